The van der Waals surface area contributed by atoms with Crippen molar-refractivity contribution in [1.82, 2.24) is 20.4 Å². The summed E-state index contributed by atoms with van der Waals surface area (Å²) in [6, 6.07) is 16.3. The van der Waals surface area contributed by atoms with Gasteiger partial charge in [0.05, 0.1) is 17.3 Å². The molecule has 1 fully saturated rings. The minimum atomic E-state index is -0.121. The summed E-state index contributed by atoms with van der Waals surface area (Å²) < 4.78 is 0. The van der Waals surface area contributed by atoms with Crippen LogP contribution < -0.4 is 10.9 Å². The van der Waals surface area contributed by atoms with Gasteiger partial charge in [-0.25, -0.2) is 5.10 Å². The van der Waals surface area contributed by atoms with E-state index in [-0.39, 0.29) is 5.56 Å². The molecular weight excluding hydrogens is 350 g/mol. The molecule has 1 saturated carbocycles. The maximum absolute atomic E-state index is 12.0. The zero-order valence-electron chi connectivity index (χ0n) is 15.4. The normalized spacial score (nSPS) is 19.7. The first-order valence-electron chi connectivity index (χ1n) is 9.74. The molecule has 5 rings (SSSR count). The molecule has 6 heteroatoms. The molecule has 2 aromatic carbocycles. The molecule has 0 aliphatic heterocycles. The first-order chi connectivity index (χ1) is 13.8. The largest absolute Gasteiger partial charge is 0.365 e. The monoisotopic (exact) mass is 371 g/mol. The van der Waals surface area contributed by atoms with Gasteiger partial charge in [-0.15, -0.1) is 5.10 Å². The van der Waals surface area contributed by atoms with Crippen molar-refractivity contribution in [3.8, 4) is 0 Å². The molecule has 1 aliphatic rings. The number of aromatic amines is 1. The molecule has 0 radical (unpaired) electrons. The Morgan fingerprint density at radius 1 is 0.893 bits per heavy atom. The Bertz CT molecular complexity index is 1190. The molecule has 0 amide bonds. The lowest BCUT2D eigenvalue weighted by Gasteiger charge is -2.29. The highest BCUT2D eigenvalue weighted by Gasteiger charge is 2.25. The van der Waals surface area contributed by atoms with Crippen LogP contribution in [0.3, 0.4) is 0 Å². The molecule has 0 atom stereocenters. The van der Waals surface area contributed by atoms with Gasteiger partial charge in [-0.05, 0) is 31.7 Å². The quantitative estimate of drug-likeness (QED) is 0.569. The second-order valence-electron chi connectivity index (χ2n) is 7.46. The van der Waals surface area contributed by atoms with Crippen LogP contribution in [0.15, 0.2) is 59.5 Å². The van der Waals surface area contributed by atoms with E-state index in [9.17, 15) is 4.79 Å². The van der Waals surface area contributed by atoms with Crippen LogP contribution in [0.1, 0.15) is 37.3 Å². The number of H-pyrrole nitrogens is 1. The van der Waals surface area contributed by atoms with Crippen LogP contribution in [0, 0.1) is 0 Å². The highest BCUT2D eigenvalue weighted by Crippen LogP contribution is 2.35. The molecule has 2 N–H and O–H groups in total. The zero-order valence-corrected chi connectivity index (χ0v) is 15.4. The highest BCUT2D eigenvalue weighted by atomic mass is 16.1. The third-order valence-corrected chi connectivity index (χ3v) is 5.75. The van der Waals surface area contributed by atoms with Crippen molar-refractivity contribution < 1.29 is 0 Å². The zero-order chi connectivity index (χ0) is 18.9. The fourth-order valence-electron chi connectivity index (χ4n) is 4.29. The number of rotatable bonds is 3. The molecule has 140 valence electrons. The van der Waals surface area contributed by atoms with E-state index in [2.05, 4.69) is 37.8 Å². The number of benzene rings is 2. The first kappa shape index (κ1) is 16.9. The van der Waals surface area contributed by atoms with Crippen molar-refractivity contribution in [2.24, 2.45) is 0 Å². The van der Waals surface area contributed by atoms with Crippen LogP contribution in [0.5, 0.6) is 0 Å². The Hall–Kier alpha value is -3.28. The summed E-state index contributed by atoms with van der Waals surface area (Å²) in [5.41, 5.74) is 0.892. The Morgan fingerprint density at radius 3 is 2.43 bits per heavy atom. The Morgan fingerprint density at radius 2 is 1.61 bits per heavy atom. The second-order valence-corrected chi connectivity index (χ2v) is 7.46. The number of anilines is 1. The fraction of sp³-hybridized carbons (Fsp3) is 0.273. The summed E-state index contributed by atoms with van der Waals surface area (Å²) >= 11 is 0. The van der Waals surface area contributed by atoms with Gasteiger partial charge in [-0.3, -0.25) is 4.79 Å². The number of hydrogen-bond donors (Lipinski definition) is 2. The molecular formula is C22H21N5O. The van der Waals surface area contributed by atoms with E-state index in [1.165, 1.54) is 0 Å². The average Bonchev–Trinajstić information content (AvgIpc) is 2.75. The molecule has 2 heterocycles. The number of nitrogens with zero attached hydrogens (tertiary/aromatic N) is 3. The van der Waals surface area contributed by atoms with E-state index in [0.29, 0.717) is 12.0 Å². The van der Waals surface area contributed by atoms with Gasteiger partial charge >= 0.3 is 0 Å². The van der Waals surface area contributed by atoms with Crippen molar-refractivity contribution in [1.29, 1.82) is 0 Å². The Labute approximate surface area is 162 Å². The number of aromatic nitrogens is 4. The molecule has 0 unspecified atom stereocenters. The summed E-state index contributed by atoms with van der Waals surface area (Å²) in [4.78, 5) is 12.0. The summed E-state index contributed by atoms with van der Waals surface area (Å²) in [6.07, 6.45) is 5.91. The number of fused-ring (bicyclic) bond motifs is 2. The van der Waals surface area contributed by atoms with Crippen LogP contribution in [0.4, 0.5) is 5.82 Å². The van der Waals surface area contributed by atoms with Gasteiger partial charge in [0.2, 0.25) is 0 Å². The number of hydrogen-bond acceptors (Lipinski definition) is 5. The first-order valence-corrected chi connectivity index (χ1v) is 9.74. The number of nitrogens with one attached hydrogen (secondary N) is 2. The molecule has 4 aromatic rings. The lowest BCUT2D eigenvalue weighted by Crippen LogP contribution is -2.27. The predicted octanol–water partition coefficient (Wildman–Crippen LogP) is 4.00. The van der Waals surface area contributed by atoms with Crippen LogP contribution >= 0.6 is 0 Å². The predicted molar refractivity (Wildman–Crippen MR) is 111 cm³/mol. The van der Waals surface area contributed by atoms with Gasteiger partial charge in [-0.1, -0.05) is 42.5 Å². The smallest absolute Gasteiger partial charge is 0.272 e. The highest BCUT2D eigenvalue weighted by molar-refractivity contribution is 5.91. The van der Waals surface area contributed by atoms with Gasteiger partial charge in [0.15, 0.2) is 5.82 Å². The van der Waals surface area contributed by atoms with Crippen molar-refractivity contribution in [3.05, 3.63) is 70.8 Å². The third kappa shape index (κ3) is 3.01. The fourth-order valence-corrected chi connectivity index (χ4v) is 4.29. The SMILES string of the molecule is O=c1[nH]nc(C2CCC(Nc3nncc4ccccc34)CC2)c2ccccc12. The van der Waals surface area contributed by atoms with Gasteiger partial charge in [0.1, 0.15) is 0 Å². The topological polar surface area (TPSA) is 83.6 Å². The van der Waals surface area contributed by atoms with E-state index in [1.807, 2.05) is 36.4 Å². The van der Waals surface area contributed by atoms with Gasteiger partial charge < -0.3 is 5.32 Å². The summed E-state index contributed by atoms with van der Waals surface area (Å²) in [5, 5.41) is 23.0. The average molecular weight is 371 g/mol. The molecule has 28 heavy (non-hydrogen) atoms. The van der Waals surface area contributed by atoms with Gasteiger partial charge in [0, 0.05) is 28.1 Å². The Kier molecular flexibility index (Phi) is 4.24. The molecule has 0 saturated heterocycles. The maximum atomic E-state index is 12.0. The molecule has 0 spiro atoms. The van der Waals surface area contributed by atoms with E-state index in [4.69, 9.17) is 0 Å². The van der Waals surface area contributed by atoms with E-state index in [0.717, 1.165) is 58.7 Å². The van der Waals surface area contributed by atoms with Gasteiger partial charge in [-0.2, -0.15) is 10.2 Å². The molecule has 2 aromatic heterocycles. The van der Waals surface area contributed by atoms with Gasteiger partial charge in [0.25, 0.3) is 5.56 Å². The molecule has 1 aliphatic carbocycles. The minimum absolute atomic E-state index is 0.121. The second kappa shape index (κ2) is 7.03. The molecule has 0 bridgehead atoms. The van der Waals surface area contributed by atoms with Crippen LogP contribution in [0.2, 0.25) is 0 Å². The maximum Gasteiger partial charge on any atom is 0.272 e. The lowest BCUT2D eigenvalue weighted by molar-refractivity contribution is 0.406. The lowest BCUT2D eigenvalue weighted by atomic mass is 9.82. The van der Waals surface area contributed by atoms with Crippen molar-refractivity contribution in [2.75, 3.05) is 5.32 Å². The summed E-state index contributed by atoms with van der Waals surface area (Å²) in [5.74, 6) is 1.22. The van der Waals surface area contributed by atoms with Crippen molar-refractivity contribution in [3.63, 3.8) is 0 Å². The van der Waals surface area contributed by atoms with Crippen LogP contribution in [-0.4, -0.2) is 26.4 Å². The van der Waals surface area contributed by atoms with Crippen molar-refractivity contribution >= 4 is 27.4 Å². The molecule has 6 nitrogen and oxygen atoms in total. The van der Waals surface area contributed by atoms with Crippen LogP contribution in [-0.2, 0) is 0 Å². The van der Waals surface area contributed by atoms with Crippen LogP contribution in [0.25, 0.3) is 21.5 Å². The summed E-state index contributed by atoms with van der Waals surface area (Å²) in [6.45, 7) is 0. The minimum Gasteiger partial charge on any atom is -0.365 e. The Balaban J connectivity index is 1.35. The van der Waals surface area contributed by atoms with E-state index < -0.39 is 0 Å². The third-order valence-electron chi connectivity index (χ3n) is 5.75. The van der Waals surface area contributed by atoms with Crippen molar-refractivity contribution in [2.45, 2.75) is 37.6 Å². The standard InChI is InChI=1S/C22H21N5O/c28-22-19-8-4-3-7-18(19)20(25-27-22)14-9-11-16(12-10-14)24-21-17-6-2-1-5-15(17)13-23-26-21/h1-8,13-14,16H,9-12H2,(H,24,26)(H,27,28). The van der Waals surface area contributed by atoms with E-state index >= 15 is 0 Å². The van der Waals surface area contributed by atoms with E-state index in [1.54, 1.807) is 6.20 Å². The summed E-state index contributed by atoms with van der Waals surface area (Å²) in [7, 11) is 0.